The summed E-state index contributed by atoms with van der Waals surface area (Å²) < 4.78 is 7.00. The van der Waals surface area contributed by atoms with Crippen molar-refractivity contribution >= 4 is 55.7 Å². The zero-order chi connectivity index (χ0) is 20.2. The highest BCUT2D eigenvalue weighted by Gasteiger charge is 2.24. The van der Waals surface area contributed by atoms with E-state index in [1.165, 1.54) is 4.70 Å². The van der Waals surface area contributed by atoms with E-state index >= 15 is 0 Å². The summed E-state index contributed by atoms with van der Waals surface area (Å²) in [5, 5.41) is 2.92. The number of thiazole rings is 1. The Kier molecular flexibility index (Phi) is 5.82. The number of imide groups is 1. The van der Waals surface area contributed by atoms with Crippen LogP contribution >= 0.6 is 23.1 Å². The molecule has 1 aromatic heterocycles. The van der Waals surface area contributed by atoms with Crippen molar-refractivity contribution in [1.82, 2.24) is 10.3 Å². The number of hydrogen-bond acceptors (Lipinski definition) is 7. The molecule has 1 N–H and O–H groups in total. The number of fused-ring (bicyclic) bond motifs is 1. The Morgan fingerprint density at radius 2 is 1.93 bits per heavy atom. The van der Waals surface area contributed by atoms with E-state index in [-0.39, 0.29) is 11.1 Å². The lowest BCUT2D eigenvalue weighted by molar-refractivity contribution is -0.115. The number of rotatable bonds is 7. The van der Waals surface area contributed by atoms with Crippen LogP contribution in [-0.2, 0) is 4.79 Å². The number of ether oxygens (including phenoxy) is 1. The molecular weight excluding hydrogens is 406 g/mol. The molecule has 1 aliphatic rings. The van der Waals surface area contributed by atoms with Crippen LogP contribution in [0.2, 0.25) is 0 Å². The van der Waals surface area contributed by atoms with Crippen LogP contribution in [-0.4, -0.2) is 36.3 Å². The summed E-state index contributed by atoms with van der Waals surface area (Å²) in [6, 6.07) is 15.6. The predicted molar refractivity (Wildman–Crippen MR) is 119 cm³/mol. The second-order valence-electron chi connectivity index (χ2n) is 6.51. The number of amides is 2. The van der Waals surface area contributed by atoms with Crippen molar-refractivity contribution in [3.8, 4) is 5.75 Å². The van der Waals surface area contributed by atoms with E-state index in [2.05, 4.69) is 21.3 Å². The molecule has 6 nitrogen and oxygen atoms in total. The Morgan fingerprint density at radius 1 is 1.14 bits per heavy atom. The molecule has 0 bridgehead atoms. The van der Waals surface area contributed by atoms with Crippen LogP contribution in [0.1, 0.15) is 12.0 Å². The molecule has 29 heavy (non-hydrogen) atoms. The molecule has 2 amide bonds. The monoisotopic (exact) mass is 425 g/mol. The third-order valence-corrected chi connectivity index (χ3v) is 6.30. The van der Waals surface area contributed by atoms with E-state index in [9.17, 15) is 9.59 Å². The Bertz CT molecular complexity index is 1040. The minimum atomic E-state index is -0.349. The number of hydrogen-bond donors (Lipinski definition) is 1. The highest BCUT2D eigenvalue weighted by atomic mass is 32.2. The minimum Gasteiger partial charge on any atom is -0.494 e. The van der Waals surface area contributed by atoms with Crippen molar-refractivity contribution in [1.29, 1.82) is 0 Å². The van der Waals surface area contributed by atoms with Crippen molar-refractivity contribution in [2.45, 2.75) is 6.42 Å². The molecule has 1 fully saturated rings. The number of carbonyl (C=O) groups is 2. The summed E-state index contributed by atoms with van der Waals surface area (Å²) in [4.78, 5) is 30.0. The zero-order valence-electron chi connectivity index (χ0n) is 15.8. The number of thioether (sulfide) groups is 1. The lowest BCUT2D eigenvalue weighted by Crippen LogP contribution is -2.20. The Morgan fingerprint density at radius 3 is 2.66 bits per heavy atom. The lowest BCUT2D eigenvalue weighted by Gasteiger charge is -2.15. The van der Waals surface area contributed by atoms with Gasteiger partial charge in [0, 0.05) is 13.6 Å². The van der Waals surface area contributed by atoms with Crippen LogP contribution in [0.4, 0.5) is 9.93 Å². The smallest absolute Gasteiger partial charge is 0.290 e. The maximum atomic E-state index is 11.6. The van der Waals surface area contributed by atoms with Gasteiger partial charge in [-0.25, -0.2) is 4.98 Å². The molecule has 4 rings (SSSR count). The number of para-hydroxylation sites is 1. The van der Waals surface area contributed by atoms with E-state index in [4.69, 9.17) is 4.74 Å². The number of nitrogens with zero attached hydrogens (tertiary/aromatic N) is 2. The first-order chi connectivity index (χ1) is 14.1. The molecule has 1 saturated heterocycles. The van der Waals surface area contributed by atoms with Crippen LogP contribution in [0.15, 0.2) is 53.4 Å². The summed E-state index contributed by atoms with van der Waals surface area (Å²) in [5.74, 6) is 0.423. The van der Waals surface area contributed by atoms with Gasteiger partial charge >= 0.3 is 0 Å². The van der Waals surface area contributed by atoms with Gasteiger partial charge in [-0.3, -0.25) is 14.9 Å². The molecule has 0 spiro atoms. The second-order valence-corrected chi connectivity index (χ2v) is 8.53. The summed E-state index contributed by atoms with van der Waals surface area (Å²) in [6.07, 6.45) is 2.57. The van der Waals surface area contributed by atoms with E-state index in [1.54, 1.807) is 17.4 Å². The summed E-state index contributed by atoms with van der Waals surface area (Å²) in [7, 11) is 2.04. The number of benzene rings is 2. The van der Waals surface area contributed by atoms with E-state index < -0.39 is 0 Å². The van der Waals surface area contributed by atoms with Crippen molar-refractivity contribution in [3.05, 3.63) is 59.0 Å². The van der Waals surface area contributed by atoms with Crippen LogP contribution < -0.4 is 15.0 Å². The van der Waals surface area contributed by atoms with E-state index in [0.29, 0.717) is 11.5 Å². The van der Waals surface area contributed by atoms with Gasteiger partial charge in [-0.05, 0) is 54.1 Å². The van der Waals surface area contributed by atoms with Gasteiger partial charge in [-0.1, -0.05) is 35.6 Å². The molecule has 148 valence electrons. The number of anilines is 1. The normalized spacial score (nSPS) is 15.1. The molecule has 0 saturated carbocycles. The topological polar surface area (TPSA) is 71.5 Å². The molecular formula is C21H19N3O3S2. The highest BCUT2D eigenvalue weighted by molar-refractivity contribution is 8.18. The third-order valence-electron chi connectivity index (χ3n) is 4.34. The van der Waals surface area contributed by atoms with Gasteiger partial charge in [-0.2, -0.15) is 0 Å². The highest BCUT2D eigenvalue weighted by Crippen LogP contribution is 2.28. The molecule has 2 aromatic carbocycles. The molecule has 0 atom stereocenters. The van der Waals surface area contributed by atoms with Crippen molar-refractivity contribution in [3.63, 3.8) is 0 Å². The maximum absolute atomic E-state index is 11.6. The average molecular weight is 426 g/mol. The van der Waals surface area contributed by atoms with Gasteiger partial charge in [0.15, 0.2) is 5.13 Å². The quantitative estimate of drug-likeness (QED) is 0.443. The average Bonchev–Trinajstić information content (AvgIpc) is 3.29. The predicted octanol–water partition coefficient (Wildman–Crippen LogP) is 4.53. The van der Waals surface area contributed by atoms with Crippen molar-refractivity contribution < 1.29 is 14.3 Å². The standard InChI is InChI=1S/C21H19N3O3S2/c1-24(20-22-16-5-2-3-6-17(16)28-20)11-4-12-27-15-9-7-14(8-10-15)13-18-19(25)23-21(26)29-18/h2-3,5-10,13H,4,11-12H2,1H3,(H,23,25,26). The fourth-order valence-electron chi connectivity index (χ4n) is 2.84. The molecule has 2 heterocycles. The third kappa shape index (κ3) is 4.78. The summed E-state index contributed by atoms with van der Waals surface area (Å²) >= 11 is 2.60. The van der Waals surface area contributed by atoms with Crippen LogP contribution in [0.25, 0.3) is 16.3 Å². The fraction of sp³-hybridized carbons (Fsp3) is 0.190. The van der Waals surface area contributed by atoms with Crippen molar-refractivity contribution in [2.75, 3.05) is 25.1 Å². The molecule has 3 aromatic rings. The number of nitrogens with one attached hydrogen (secondary N) is 1. The van der Waals surface area contributed by atoms with E-state index in [1.807, 2.05) is 49.5 Å². The lowest BCUT2D eigenvalue weighted by atomic mass is 10.2. The first-order valence-corrected chi connectivity index (χ1v) is 10.8. The summed E-state index contributed by atoms with van der Waals surface area (Å²) in [6.45, 7) is 1.45. The summed E-state index contributed by atoms with van der Waals surface area (Å²) in [5.41, 5.74) is 1.88. The minimum absolute atomic E-state index is 0.336. The Labute approximate surface area is 176 Å². The van der Waals surface area contributed by atoms with Crippen LogP contribution in [0.3, 0.4) is 0 Å². The van der Waals surface area contributed by atoms with Gasteiger partial charge < -0.3 is 9.64 Å². The first kappa shape index (κ1) is 19.5. The second kappa shape index (κ2) is 8.67. The molecule has 1 aliphatic heterocycles. The largest absolute Gasteiger partial charge is 0.494 e. The molecule has 0 aliphatic carbocycles. The van der Waals surface area contributed by atoms with Gasteiger partial charge in [0.1, 0.15) is 5.75 Å². The Balaban J connectivity index is 1.26. The number of aromatic nitrogens is 1. The molecule has 0 radical (unpaired) electrons. The first-order valence-electron chi connectivity index (χ1n) is 9.13. The van der Waals surface area contributed by atoms with Gasteiger partial charge in [0.25, 0.3) is 11.1 Å². The van der Waals surface area contributed by atoms with Gasteiger partial charge in [-0.15, -0.1) is 0 Å². The Hall–Kier alpha value is -2.84. The van der Waals surface area contributed by atoms with Crippen LogP contribution in [0, 0.1) is 0 Å². The zero-order valence-corrected chi connectivity index (χ0v) is 17.4. The fourth-order valence-corrected chi connectivity index (χ4v) is 4.48. The maximum Gasteiger partial charge on any atom is 0.290 e. The SMILES string of the molecule is CN(CCCOc1ccc(C=C2SC(=O)NC2=O)cc1)c1nc2ccccc2s1. The van der Waals surface area contributed by atoms with Gasteiger partial charge in [0.05, 0.1) is 21.7 Å². The number of carbonyl (C=O) groups excluding carboxylic acids is 2. The van der Waals surface area contributed by atoms with Crippen LogP contribution in [0.5, 0.6) is 5.75 Å². The van der Waals surface area contributed by atoms with Gasteiger partial charge in [0.2, 0.25) is 0 Å². The molecule has 0 unspecified atom stereocenters. The van der Waals surface area contributed by atoms with Crippen molar-refractivity contribution in [2.24, 2.45) is 0 Å². The molecule has 8 heteroatoms. The van der Waals surface area contributed by atoms with E-state index in [0.717, 1.165) is 46.7 Å².